The second kappa shape index (κ2) is 3.69. The second-order valence-corrected chi connectivity index (χ2v) is 2.09. The quantitative estimate of drug-likeness (QED) is 0.402. The van der Waals surface area contributed by atoms with Crippen LogP contribution in [0.4, 0.5) is 0 Å². The third-order valence-corrected chi connectivity index (χ3v) is 0.970. The molecule has 0 saturated carbocycles. The van der Waals surface area contributed by atoms with Crippen LogP contribution in [0.25, 0.3) is 0 Å². The lowest BCUT2D eigenvalue weighted by atomic mass is 10.6. The van der Waals surface area contributed by atoms with E-state index in [0.29, 0.717) is 10.2 Å². The van der Waals surface area contributed by atoms with Crippen molar-refractivity contribution < 1.29 is 4.84 Å². The molecular weight excluding hydrogens is 170 g/mol. The van der Waals surface area contributed by atoms with Crippen molar-refractivity contribution in [3.8, 4) is 0 Å². The maximum Gasteiger partial charge on any atom is 0.153 e. The van der Waals surface area contributed by atoms with Crippen LogP contribution < -0.4 is 5.48 Å². The monoisotopic (exact) mass is 177 g/mol. The van der Waals surface area contributed by atoms with Gasteiger partial charge in [-0.05, 0) is 15.9 Å². The van der Waals surface area contributed by atoms with E-state index in [1.54, 1.807) is 7.05 Å². The molecule has 0 saturated heterocycles. The highest BCUT2D eigenvalue weighted by molar-refractivity contribution is 9.11. The maximum absolute atomic E-state index is 4.71. The average molecular weight is 178 g/mol. The third kappa shape index (κ3) is 2.82. The van der Waals surface area contributed by atoms with Gasteiger partial charge in [0.2, 0.25) is 0 Å². The molecule has 1 N–H and O–H groups in total. The van der Waals surface area contributed by atoms with Crippen molar-refractivity contribution in [2.24, 2.45) is 0 Å². The van der Waals surface area contributed by atoms with Crippen LogP contribution in [0.5, 0.6) is 0 Å². The lowest BCUT2D eigenvalue weighted by Gasteiger charge is -2.01. The van der Waals surface area contributed by atoms with Gasteiger partial charge in [0, 0.05) is 7.05 Å². The van der Waals surface area contributed by atoms with Gasteiger partial charge in [-0.2, -0.15) is 5.48 Å². The van der Waals surface area contributed by atoms with Crippen LogP contribution in [0.1, 0.15) is 0 Å². The number of halogens is 1. The van der Waals surface area contributed by atoms with Crippen LogP contribution in [0, 0.1) is 0 Å². The van der Waals surface area contributed by atoms with Crippen molar-refractivity contribution in [1.29, 1.82) is 0 Å². The van der Waals surface area contributed by atoms with Crippen molar-refractivity contribution in [2.75, 3.05) is 7.05 Å². The molecule has 46 valence electrons. The van der Waals surface area contributed by atoms with E-state index in [1.165, 1.54) is 0 Å². The molecule has 3 heteroatoms. The van der Waals surface area contributed by atoms with E-state index in [0.717, 1.165) is 0 Å². The number of nitrogens with one attached hydrogen (secondary N) is 1. The van der Waals surface area contributed by atoms with E-state index < -0.39 is 0 Å². The van der Waals surface area contributed by atoms with E-state index in [1.807, 2.05) is 0 Å². The third-order valence-electron chi connectivity index (χ3n) is 0.528. The summed E-state index contributed by atoms with van der Waals surface area (Å²) in [5.41, 5.74) is 2.46. The van der Waals surface area contributed by atoms with Gasteiger partial charge in [0.25, 0.3) is 0 Å². The van der Waals surface area contributed by atoms with E-state index in [9.17, 15) is 0 Å². The Hall–Kier alpha value is -0.280. The minimum absolute atomic E-state index is 0.493. The first-order valence-corrected chi connectivity index (χ1v) is 2.85. The van der Waals surface area contributed by atoms with Crippen molar-refractivity contribution >= 4 is 15.9 Å². The molecule has 0 heterocycles. The fourth-order valence-electron chi connectivity index (χ4n) is 0.179. The van der Waals surface area contributed by atoms with Gasteiger partial charge in [-0.25, -0.2) is 0 Å². The summed E-state index contributed by atoms with van der Waals surface area (Å²) in [5, 5.41) is 0. The topological polar surface area (TPSA) is 21.3 Å². The molecule has 0 aliphatic carbocycles. The van der Waals surface area contributed by atoms with E-state index >= 15 is 0 Å². The summed E-state index contributed by atoms with van der Waals surface area (Å²) in [7, 11) is 1.65. The van der Waals surface area contributed by atoms with Crippen molar-refractivity contribution in [3.05, 3.63) is 23.4 Å². The zero-order chi connectivity index (χ0) is 6.57. The van der Waals surface area contributed by atoms with Crippen LogP contribution in [-0.4, -0.2) is 7.05 Å². The number of hydrogen-bond donors (Lipinski definition) is 1. The van der Waals surface area contributed by atoms with Crippen LogP contribution >= 0.6 is 15.9 Å². The summed E-state index contributed by atoms with van der Waals surface area (Å²) in [5.74, 6) is 0.493. The van der Waals surface area contributed by atoms with Gasteiger partial charge in [-0.3, -0.25) is 0 Å². The highest BCUT2D eigenvalue weighted by Gasteiger charge is 1.92. The van der Waals surface area contributed by atoms with Crippen molar-refractivity contribution in [1.82, 2.24) is 5.48 Å². The average Bonchev–Trinajstić information content (AvgIpc) is 1.67. The van der Waals surface area contributed by atoms with E-state index in [2.05, 4.69) is 34.6 Å². The molecule has 0 spiro atoms. The van der Waals surface area contributed by atoms with Crippen molar-refractivity contribution in [2.45, 2.75) is 0 Å². The van der Waals surface area contributed by atoms with Gasteiger partial charge in [-0.1, -0.05) is 13.2 Å². The Morgan fingerprint density at radius 3 is 2.25 bits per heavy atom. The molecule has 8 heavy (non-hydrogen) atoms. The van der Waals surface area contributed by atoms with Crippen molar-refractivity contribution in [3.63, 3.8) is 0 Å². The van der Waals surface area contributed by atoms with Crippen LogP contribution in [0.3, 0.4) is 0 Å². The van der Waals surface area contributed by atoms with Crippen LogP contribution in [0.15, 0.2) is 23.4 Å². The van der Waals surface area contributed by atoms with Gasteiger partial charge < -0.3 is 4.84 Å². The number of hydrogen-bond acceptors (Lipinski definition) is 2. The molecule has 2 nitrogen and oxygen atoms in total. The van der Waals surface area contributed by atoms with Gasteiger partial charge in [-0.15, -0.1) is 0 Å². The summed E-state index contributed by atoms with van der Waals surface area (Å²) in [4.78, 5) is 4.71. The number of rotatable bonds is 3. The molecule has 0 aromatic heterocycles. The van der Waals surface area contributed by atoms with Gasteiger partial charge in [0.1, 0.15) is 0 Å². The first-order valence-electron chi connectivity index (χ1n) is 2.05. The Bertz CT molecular complexity index is 111. The molecule has 0 fully saturated rings. The minimum Gasteiger partial charge on any atom is -0.408 e. The SMILES string of the molecule is C=C(Br)C(=C)ONC. The Labute approximate surface area is 57.3 Å². The van der Waals surface area contributed by atoms with Gasteiger partial charge in [0.15, 0.2) is 5.76 Å². The highest BCUT2D eigenvalue weighted by Crippen LogP contribution is 2.10. The minimum atomic E-state index is 0.493. The number of hydroxylamine groups is 1. The Kier molecular flexibility index (Phi) is 3.56. The molecule has 0 amide bonds. The predicted molar refractivity (Wildman–Crippen MR) is 37.4 cm³/mol. The Morgan fingerprint density at radius 1 is 1.62 bits per heavy atom. The predicted octanol–water partition coefficient (Wildman–Crippen LogP) is 1.56. The summed E-state index contributed by atoms with van der Waals surface area (Å²) < 4.78 is 0.645. The zero-order valence-corrected chi connectivity index (χ0v) is 6.29. The molecule has 0 aliphatic rings. The molecule has 0 rings (SSSR count). The first kappa shape index (κ1) is 7.72. The molecule has 0 unspecified atom stereocenters. The molecule has 0 atom stereocenters. The van der Waals surface area contributed by atoms with Gasteiger partial charge in [0.05, 0.1) is 4.48 Å². The standard InChI is InChI=1S/C5H8BrNO/c1-4(6)5(2)8-7-3/h7H,1-2H2,3H3. The lowest BCUT2D eigenvalue weighted by Crippen LogP contribution is -2.05. The molecular formula is C5H8BrNO. The summed E-state index contributed by atoms with van der Waals surface area (Å²) in [6, 6.07) is 0. The molecule has 0 aromatic rings. The molecule has 0 bridgehead atoms. The second-order valence-electron chi connectivity index (χ2n) is 1.13. The zero-order valence-electron chi connectivity index (χ0n) is 4.70. The van der Waals surface area contributed by atoms with Crippen LogP contribution in [0.2, 0.25) is 0 Å². The Morgan fingerprint density at radius 2 is 2.12 bits per heavy atom. The number of allylic oxidation sites excluding steroid dienone is 1. The smallest absolute Gasteiger partial charge is 0.153 e. The molecule has 0 radical (unpaired) electrons. The highest BCUT2D eigenvalue weighted by atomic mass is 79.9. The van der Waals surface area contributed by atoms with Gasteiger partial charge >= 0.3 is 0 Å². The summed E-state index contributed by atoms with van der Waals surface area (Å²) >= 11 is 3.08. The fourth-order valence-corrected chi connectivity index (χ4v) is 0.260. The molecule has 0 aromatic carbocycles. The fraction of sp³-hybridized carbons (Fsp3) is 0.200. The Balaban J connectivity index is 3.49. The summed E-state index contributed by atoms with van der Waals surface area (Å²) in [6.07, 6.45) is 0. The molecule has 0 aliphatic heterocycles. The first-order chi connectivity index (χ1) is 3.68. The van der Waals surface area contributed by atoms with E-state index in [-0.39, 0.29) is 0 Å². The maximum atomic E-state index is 4.71. The normalized spacial score (nSPS) is 8.25. The summed E-state index contributed by atoms with van der Waals surface area (Å²) in [6.45, 7) is 7.04. The van der Waals surface area contributed by atoms with E-state index in [4.69, 9.17) is 4.84 Å². The lowest BCUT2D eigenvalue weighted by molar-refractivity contribution is 0.137. The van der Waals surface area contributed by atoms with Crippen LogP contribution in [-0.2, 0) is 4.84 Å². The largest absolute Gasteiger partial charge is 0.408 e.